The molecule has 0 bridgehead atoms. The van der Waals surface area contributed by atoms with E-state index in [1.54, 1.807) is 0 Å². The van der Waals surface area contributed by atoms with Gasteiger partial charge in [-0.2, -0.15) is 11.8 Å². The van der Waals surface area contributed by atoms with E-state index in [0.29, 0.717) is 6.42 Å². The van der Waals surface area contributed by atoms with E-state index in [9.17, 15) is 4.79 Å². The highest BCUT2D eigenvalue weighted by molar-refractivity contribution is 7.98. The van der Waals surface area contributed by atoms with E-state index in [-0.39, 0.29) is 18.0 Å². The number of carbonyl (C=O) groups is 1. The number of hydrogen-bond acceptors (Lipinski definition) is 3. The number of amides is 1. The van der Waals surface area contributed by atoms with Crippen molar-refractivity contribution in [2.45, 2.75) is 31.8 Å². The van der Waals surface area contributed by atoms with Crippen molar-refractivity contribution in [1.82, 2.24) is 4.90 Å². The van der Waals surface area contributed by atoms with Crippen molar-refractivity contribution in [2.24, 2.45) is 5.73 Å². The highest BCUT2D eigenvalue weighted by atomic mass is 32.2. The number of benzene rings is 1. The summed E-state index contributed by atoms with van der Waals surface area (Å²) in [6.45, 7) is 2.09. The summed E-state index contributed by atoms with van der Waals surface area (Å²) in [5, 5.41) is 0. The van der Waals surface area contributed by atoms with Crippen LogP contribution in [0.15, 0.2) is 30.3 Å². The van der Waals surface area contributed by atoms with E-state index in [0.717, 1.165) is 17.7 Å². The molecule has 19 heavy (non-hydrogen) atoms. The van der Waals surface area contributed by atoms with Crippen molar-refractivity contribution < 1.29 is 4.79 Å². The largest absolute Gasteiger partial charge is 0.343 e. The SMILES string of the molecule is CSCCC(C)N(C)C(=O)CC(N)c1ccccc1. The molecule has 0 aliphatic rings. The van der Waals surface area contributed by atoms with Crippen LogP contribution in [0.25, 0.3) is 0 Å². The van der Waals surface area contributed by atoms with Gasteiger partial charge in [0.1, 0.15) is 0 Å². The standard InChI is InChI=1S/C15H24N2OS/c1-12(9-10-19-3)17(2)15(18)11-14(16)13-7-5-4-6-8-13/h4-8,12,14H,9-11,16H2,1-3H3. The summed E-state index contributed by atoms with van der Waals surface area (Å²) >= 11 is 1.81. The van der Waals surface area contributed by atoms with Crippen LogP contribution in [0.5, 0.6) is 0 Å². The fourth-order valence-corrected chi connectivity index (χ4v) is 2.45. The first kappa shape index (κ1) is 16.1. The van der Waals surface area contributed by atoms with E-state index in [4.69, 9.17) is 5.73 Å². The van der Waals surface area contributed by atoms with E-state index in [1.165, 1.54) is 0 Å². The summed E-state index contributed by atoms with van der Waals surface area (Å²) in [7, 11) is 1.87. The Morgan fingerprint density at radius 1 is 1.37 bits per heavy atom. The first-order valence-corrected chi connectivity index (χ1v) is 8.00. The average Bonchev–Trinajstić information content (AvgIpc) is 2.44. The van der Waals surface area contributed by atoms with Gasteiger partial charge in [-0.15, -0.1) is 0 Å². The Hall–Kier alpha value is -1.00. The molecule has 106 valence electrons. The Kier molecular flexibility index (Phi) is 6.95. The third-order valence-corrected chi connectivity index (χ3v) is 4.06. The zero-order chi connectivity index (χ0) is 14.3. The van der Waals surface area contributed by atoms with E-state index >= 15 is 0 Å². The summed E-state index contributed by atoms with van der Waals surface area (Å²) in [6.07, 6.45) is 3.47. The van der Waals surface area contributed by atoms with Crippen LogP contribution in [0.2, 0.25) is 0 Å². The Labute approximate surface area is 120 Å². The molecule has 3 nitrogen and oxygen atoms in total. The molecule has 1 aromatic rings. The minimum absolute atomic E-state index is 0.116. The van der Waals surface area contributed by atoms with Gasteiger partial charge in [-0.1, -0.05) is 30.3 Å². The molecule has 2 unspecified atom stereocenters. The molecule has 2 atom stereocenters. The molecule has 0 aliphatic heterocycles. The molecule has 1 amide bonds. The first-order valence-electron chi connectivity index (χ1n) is 6.61. The second kappa shape index (κ2) is 8.23. The van der Waals surface area contributed by atoms with Crippen molar-refractivity contribution in [3.8, 4) is 0 Å². The van der Waals surface area contributed by atoms with Crippen molar-refractivity contribution >= 4 is 17.7 Å². The number of hydrogen-bond donors (Lipinski definition) is 1. The van der Waals surface area contributed by atoms with Crippen LogP contribution in [0.1, 0.15) is 31.4 Å². The smallest absolute Gasteiger partial charge is 0.224 e. The predicted octanol–water partition coefficient (Wildman–Crippen LogP) is 2.68. The summed E-state index contributed by atoms with van der Waals surface area (Å²) in [4.78, 5) is 14.0. The second-order valence-corrected chi connectivity index (χ2v) is 5.84. The van der Waals surface area contributed by atoms with Crippen molar-refractivity contribution in [2.75, 3.05) is 19.1 Å². The van der Waals surface area contributed by atoms with Gasteiger partial charge in [0.25, 0.3) is 0 Å². The highest BCUT2D eigenvalue weighted by Crippen LogP contribution is 2.16. The van der Waals surface area contributed by atoms with Gasteiger partial charge in [-0.3, -0.25) is 4.79 Å². The lowest BCUT2D eigenvalue weighted by Crippen LogP contribution is -2.37. The second-order valence-electron chi connectivity index (χ2n) is 4.86. The molecule has 4 heteroatoms. The van der Waals surface area contributed by atoms with Gasteiger partial charge in [-0.05, 0) is 30.9 Å². The molecule has 0 radical (unpaired) electrons. The lowest BCUT2D eigenvalue weighted by Gasteiger charge is -2.26. The van der Waals surface area contributed by atoms with E-state index in [1.807, 2.05) is 54.0 Å². The summed E-state index contributed by atoms with van der Waals surface area (Å²) in [5.74, 6) is 1.19. The maximum atomic E-state index is 12.2. The molecular weight excluding hydrogens is 256 g/mol. The highest BCUT2D eigenvalue weighted by Gasteiger charge is 2.18. The van der Waals surface area contributed by atoms with Gasteiger partial charge in [0.2, 0.25) is 5.91 Å². The molecule has 0 heterocycles. The Bertz CT molecular complexity index is 383. The van der Waals surface area contributed by atoms with Crippen molar-refractivity contribution in [3.63, 3.8) is 0 Å². The molecule has 0 aliphatic carbocycles. The zero-order valence-corrected chi connectivity index (χ0v) is 12.8. The topological polar surface area (TPSA) is 46.3 Å². The number of thioether (sulfide) groups is 1. The maximum absolute atomic E-state index is 12.2. The van der Waals surface area contributed by atoms with Gasteiger partial charge >= 0.3 is 0 Å². The third-order valence-electron chi connectivity index (χ3n) is 3.42. The first-order chi connectivity index (χ1) is 9.06. The molecule has 1 rings (SSSR count). The molecule has 0 saturated heterocycles. The minimum atomic E-state index is -0.219. The molecule has 1 aromatic carbocycles. The van der Waals surface area contributed by atoms with Crippen LogP contribution in [0.3, 0.4) is 0 Å². The Balaban J connectivity index is 2.50. The monoisotopic (exact) mass is 280 g/mol. The molecule has 0 saturated carbocycles. The van der Waals surface area contributed by atoms with Crippen LogP contribution in [0.4, 0.5) is 0 Å². The number of nitrogens with two attached hydrogens (primary N) is 1. The van der Waals surface area contributed by atoms with Crippen LogP contribution in [0, 0.1) is 0 Å². The fraction of sp³-hybridized carbons (Fsp3) is 0.533. The third kappa shape index (κ3) is 5.25. The average molecular weight is 280 g/mol. The van der Waals surface area contributed by atoms with Gasteiger partial charge in [0.05, 0.1) is 0 Å². The van der Waals surface area contributed by atoms with Crippen molar-refractivity contribution in [3.05, 3.63) is 35.9 Å². The van der Waals surface area contributed by atoms with Gasteiger partial charge < -0.3 is 10.6 Å². The number of rotatable bonds is 7. The minimum Gasteiger partial charge on any atom is -0.343 e. The molecular formula is C15H24N2OS. The number of nitrogens with zero attached hydrogens (tertiary/aromatic N) is 1. The Morgan fingerprint density at radius 3 is 2.58 bits per heavy atom. The fourth-order valence-electron chi connectivity index (χ4n) is 1.88. The maximum Gasteiger partial charge on any atom is 0.224 e. The Morgan fingerprint density at radius 2 is 2.00 bits per heavy atom. The molecule has 0 spiro atoms. The van der Waals surface area contributed by atoms with E-state index in [2.05, 4.69) is 13.2 Å². The summed E-state index contributed by atoms with van der Waals surface area (Å²) < 4.78 is 0. The van der Waals surface area contributed by atoms with Crippen LogP contribution >= 0.6 is 11.8 Å². The van der Waals surface area contributed by atoms with Gasteiger partial charge in [-0.25, -0.2) is 0 Å². The summed E-state index contributed by atoms with van der Waals surface area (Å²) in [5.41, 5.74) is 7.10. The summed E-state index contributed by atoms with van der Waals surface area (Å²) in [6, 6.07) is 9.83. The van der Waals surface area contributed by atoms with Crippen LogP contribution in [-0.2, 0) is 4.79 Å². The predicted molar refractivity (Wildman–Crippen MR) is 83.2 cm³/mol. The molecule has 0 aromatic heterocycles. The lowest BCUT2D eigenvalue weighted by molar-refractivity contribution is -0.132. The van der Waals surface area contributed by atoms with Gasteiger partial charge in [0, 0.05) is 25.6 Å². The van der Waals surface area contributed by atoms with Crippen molar-refractivity contribution in [1.29, 1.82) is 0 Å². The zero-order valence-electron chi connectivity index (χ0n) is 12.0. The van der Waals surface area contributed by atoms with Gasteiger partial charge in [0.15, 0.2) is 0 Å². The normalized spacial score (nSPS) is 13.9. The van der Waals surface area contributed by atoms with Crippen LogP contribution < -0.4 is 5.73 Å². The number of carbonyl (C=O) groups excluding carboxylic acids is 1. The quantitative estimate of drug-likeness (QED) is 0.835. The lowest BCUT2D eigenvalue weighted by atomic mass is 10.0. The van der Waals surface area contributed by atoms with E-state index < -0.39 is 0 Å². The molecule has 0 fully saturated rings. The molecule has 2 N–H and O–H groups in total. The van der Waals surface area contributed by atoms with Crippen LogP contribution in [-0.4, -0.2) is 35.9 Å².